The third-order valence-corrected chi connectivity index (χ3v) is 4.17. The van der Waals surface area contributed by atoms with E-state index in [2.05, 4.69) is 34.5 Å². The van der Waals surface area contributed by atoms with Crippen LogP contribution in [-0.4, -0.2) is 32.8 Å². The Morgan fingerprint density at radius 2 is 2.11 bits per heavy atom. The van der Waals surface area contributed by atoms with Crippen molar-refractivity contribution in [1.29, 1.82) is 0 Å². The number of hydrogen-bond donors (Lipinski definition) is 1. The molecule has 1 aromatic rings. The van der Waals surface area contributed by atoms with Crippen LogP contribution in [0, 0.1) is 5.92 Å². The van der Waals surface area contributed by atoms with Crippen molar-refractivity contribution in [2.45, 2.75) is 25.7 Å². The number of nitrogens with zero attached hydrogens (tertiary/aromatic N) is 1. The van der Waals surface area contributed by atoms with Crippen molar-refractivity contribution < 1.29 is 4.74 Å². The summed E-state index contributed by atoms with van der Waals surface area (Å²) in [5.74, 6) is 0.671. The fraction of sp³-hybridized carbons (Fsp3) is 0.625. The lowest BCUT2D eigenvalue weighted by Crippen LogP contribution is -2.24. The Morgan fingerprint density at radius 3 is 2.89 bits per heavy atom. The average Bonchev–Trinajstić information content (AvgIpc) is 3.01. The van der Waals surface area contributed by atoms with Crippen LogP contribution in [0.1, 0.15) is 25.7 Å². The van der Waals surface area contributed by atoms with E-state index in [1.165, 1.54) is 50.1 Å². The fourth-order valence-electron chi connectivity index (χ4n) is 3.02. The van der Waals surface area contributed by atoms with Crippen LogP contribution in [-0.2, 0) is 4.74 Å². The average molecular weight is 260 g/mol. The number of benzene rings is 1. The van der Waals surface area contributed by atoms with Gasteiger partial charge in [0.1, 0.15) is 0 Å². The molecule has 0 saturated carbocycles. The summed E-state index contributed by atoms with van der Waals surface area (Å²) in [6.07, 6.45) is 5.16. The number of ether oxygens (including phenoxy) is 1. The Labute approximate surface area is 115 Å². The van der Waals surface area contributed by atoms with Crippen LogP contribution in [0.3, 0.4) is 0 Å². The molecule has 0 bridgehead atoms. The van der Waals surface area contributed by atoms with Gasteiger partial charge in [-0.15, -0.1) is 0 Å². The summed E-state index contributed by atoms with van der Waals surface area (Å²) in [5, 5.41) is 3.57. The molecule has 1 N–H and O–H groups in total. The highest BCUT2D eigenvalue weighted by atomic mass is 16.5. The molecule has 0 spiro atoms. The predicted molar refractivity (Wildman–Crippen MR) is 79.9 cm³/mol. The minimum atomic E-state index is 0.671. The highest BCUT2D eigenvalue weighted by Crippen LogP contribution is 2.24. The second kappa shape index (κ2) is 6.29. The fourth-order valence-corrected chi connectivity index (χ4v) is 3.02. The highest BCUT2D eigenvalue weighted by Gasteiger charge is 2.14. The van der Waals surface area contributed by atoms with Crippen molar-refractivity contribution in [1.82, 2.24) is 0 Å². The smallest absolute Gasteiger partial charge is 0.0511 e. The van der Waals surface area contributed by atoms with Crippen LogP contribution in [0.15, 0.2) is 24.3 Å². The van der Waals surface area contributed by atoms with Gasteiger partial charge in [-0.1, -0.05) is 6.07 Å². The van der Waals surface area contributed by atoms with Gasteiger partial charge >= 0.3 is 0 Å². The first kappa shape index (κ1) is 12.8. The van der Waals surface area contributed by atoms with Crippen LogP contribution < -0.4 is 10.2 Å². The molecule has 2 fully saturated rings. The molecule has 3 heteroatoms. The van der Waals surface area contributed by atoms with E-state index in [9.17, 15) is 0 Å². The monoisotopic (exact) mass is 260 g/mol. The van der Waals surface area contributed by atoms with E-state index < -0.39 is 0 Å². The normalized spacial score (nSPS) is 23.6. The van der Waals surface area contributed by atoms with Crippen molar-refractivity contribution in [3.8, 4) is 0 Å². The Hall–Kier alpha value is -1.22. The summed E-state index contributed by atoms with van der Waals surface area (Å²) in [7, 11) is 0. The van der Waals surface area contributed by atoms with E-state index in [-0.39, 0.29) is 0 Å². The minimum absolute atomic E-state index is 0.671. The quantitative estimate of drug-likeness (QED) is 0.900. The minimum Gasteiger partial charge on any atom is -0.385 e. The molecule has 0 aromatic heterocycles. The van der Waals surface area contributed by atoms with Gasteiger partial charge < -0.3 is 15.0 Å². The van der Waals surface area contributed by atoms with E-state index in [1.54, 1.807) is 0 Å². The molecule has 3 nitrogen and oxygen atoms in total. The van der Waals surface area contributed by atoms with E-state index in [4.69, 9.17) is 4.74 Å². The van der Waals surface area contributed by atoms with Crippen LogP contribution in [0.5, 0.6) is 0 Å². The summed E-state index contributed by atoms with van der Waals surface area (Å²) in [5.41, 5.74) is 2.61. The zero-order chi connectivity index (χ0) is 12.9. The van der Waals surface area contributed by atoms with E-state index in [0.29, 0.717) is 5.92 Å². The van der Waals surface area contributed by atoms with E-state index >= 15 is 0 Å². The van der Waals surface area contributed by atoms with Gasteiger partial charge in [0.2, 0.25) is 0 Å². The second-order valence-corrected chi connectivity index (χ2v) is 5.71. The predicted octanol–water partition coefficient (Wildman–Crippen LogP) is 3.13. The van der Waals surface area contributed by atoms with Gasteiger partial charge in [0.25, 0.3) is 0 Å². The van der Waals surface area contributed by atoms with Gasteiger partial charge in [0.05, 0.1) is 6.61 Å². The number of anilines is 2. The van der Waals surface area contributed by atoms with Gasteiger partial charge in [-0.05, 0) is 49.8 Å². The lowest BCUT2D eigenvalue weighted by molar-refractivity contribution is 0.0595. The topological polar surface area (TPSA) is 24.5 Å². The molecule has 0 aliphatic carbocycles. The van der Waals surface area contributed by atoms with Crippen molar-refractivity contribution in [3.63, 3.8) is 0 Å². The van der Waals surface area contributed by atoms with Crippen LogP contribution in [0.4, 0.5) is 11.4 Å². The first-order valence-electron chi connectivity index (χ1n) is 7.58. The maximum atomic E-state index is 5.53. The molecule has 2 aliphatic rings. The largest absolute Gasteiger partial charge is 0.385 e. The summed E-state index contributed by atoms with van der Waals surface area (Å²) in [4.78, 5) is 2.48. The van der Waals surface area contributed by atoms with Gasteiger partial charge in [-0.2, -0.15) is 0 Å². The molecule has 0 amide bonds. The molecule has 1 unspecified atom stereocenters. The highest BCUT2D eigenvalue weighted by molar-refractivity contribution is 5.58. The molecular formula is C16H24N2O. The third kappa shape index (κ3) is 3.41. The van der Waals surface area contributed by atoms with Crippen LogP contribution in [0.2, 0.25) is 0 Å². The second-order valence-electron chi connectivity index (χ2n) is 5.71. The SMILES string of the molecule is c1cc(NCC2CCCOC2)cc(N2CCCC2)c1. The lowest BCUT2D eigenvalue weighted by atomic mass is 10.0. The summed E-state index contributed by atoms with van der Waals surface area (Å²) < 4.78 is 5.53. The first-order chi connectivity index (χ1) is 9.42. The summed E-state index contributed by atoms with van der Waals surface area (Å²) in [6.45, 7) is 5.31. The lowest BCUT2D eigenvalue weighted by Gasteiger charge is -2.23. The van der Waals surface area contributed by atoms with Crippen molar-refractivity contribution in [2.24, 2.45) is 5.92 Å². The molecule has 3 rings (SSSR count). The Bertz CT molecular complexity index is 395. The molecule has 1 atom stereocenters. The molecule has 2 saturated heterocycles. The molecule has 2 aliphatic heterocycles. The standard InChI is InChI=1S/C16H24N2O/c1-2-9-18(8-1)16-7-3-6-15(11-16)17-12-14-5-4-10-19-13-14/h3,6-7,11,14,17H,1-2,4-5,8-10,12-13H2. The number of rotatable bonds is 4. The number of hydrogen-bond acceptors (Lipinski definition) is 3. The molecule has 1 aromatic carbocycles. The Balaban J connectivity index is 1.56. The third-order valence-electron chi connectivity index (χ3n) is 4.17. The van der Waals surface area contributed by atoms with Crippen LogP contribution in [0.25, 0.3) is 0 Å². The van der Waals surface area contributed by atoms with E-state index in [0.717, 1.165) is 19.8 Å². The van der Waals surface area contributed by atoms with E-state index in [1.807, 2.05) is 0 Å². The summed E-state index contributed by atoms with van der Waals surface area (Å²) in [6, 6.07) is 8.84. The zero-order valence-corrected chi connectivity index (χ0v) is 11.6. The van der Waals surface area contributed by atoms with Gasteiger partial charge in [0.15, 0.2) is 0 Å². The Kier molecular flexibility index (Phi) is 4.23. The Morgan fingerprint density at radius 1 is 1.21 bits per heavy atom. The first-order valence-corrected chi connectivity index (χ1v) is 7.58. The van der Waals surface area contributed by atoms with Crippen molar-refractivity contribution >= 4 is 11.4 Å². The van der Waals surface area contributed by atoms with Crippen molar-refractivity contribution in [3.05, 3.63) is 24.3 Å². The maximum absolute atomic E-state index is 5.53. The maximum Gasteiger partial charge on any atom is 0.0511 e. The van der Waals surface area contributed by atoms with Gasteiger partial charge in [-0.25, -0.2) is 0 Å². The molecule has 0 radical (unpaired) electrons. The summed E-state index contributed by atoms with van der Waals surface area (Å²) >= 11 is 0. The van der Waals surface area contributed by atoms with Gasteiger partial charge in [-0.3, -0.25) is 0 Å². The molecular weight excluding hydrogens is 236 g/mol. The number of nitrogens with one attached hydrogen (secondary N) is 1. The zero-order valence-electron chi connectivity index (χ0n) is 11.6. The molecule has 104 valence electrons. The van der Waals surface area contributed by atoms with Crippen molar-refractivity contribution in [2.75, 3.05) is 43.1 Å². The van der Waals surface area contributed by atoms with Gasteiger partial charge in [0, 0.05) is 37.6 Å². The van der Waals surface area contributed by atoms with Crippen LogP contribution >= 0.6 is 0 Å². The molecule has 19 heavy (non-hydrogen) atoms. The molecule has 2 heterocycles.